The molecule has 0 unspecified atom stereocenters. The summed E-state index contributed by atoms with van der Waals surface area (Å²) in [5, 5.41) is 15.4. The minimum absolute atomic E-state index is 0.0521. The zero-order valence-corrected chi connectivity index (χ0v) is 15.5. The predicted octanol–water partition coefficient (Wildman–Crippen LogP) is 1.21. The standard InChI is InChI=1S/C16H19N5O5S/c1-2-6-19(13-5-7-27(25,26)9-13)16(22)12-3-4-14(15(8-12)21(23)24)20-11-17-10-18-20/h3-4,8,10-11,13H,2,5-7,9H2,1H3/t13-/m1/s1. The Morgan fingerprint density at radius 2 is 2.22 bits per heavy atom. The highest BCUT2D eigenvalue weighted by molar-refractivity contribution is 7.91. The molecule has 1 saturated heterocycles. The zero-order valence-electron chi connectivity index (χ0n) is 14.7. The Morgan fingerprint density at radius 1 is 1.44 bits per heavy atom. The SMILES string of the molecule is CCCN(C(=O)c1ccc(-n2cncn2)c([N+](=O)[O-])c1)[C@@H]1CCS(=O)(=O)C1. The first kappa shape index (κ1) is 19.0. The van der Waals surface area contributed by atoms with Crippen molar-refractivity contribution in [3.8, 4) is 5.69 Å². The number of benzene rings is 1. The summed E-state index contributed by atoms with van der Waals surface area (Å²) in [6.07, 6.45) is 3.62. The van der Waals surface area contributed by atoms with Crippen LogP contribution in [0.15, 0.2) is 30.9 Å². The second-order valence-electron chi connectivity index (χ2n) is 6.36. The maximum Gasteiger partial charge on any atom is 0.295 e. The Hall–Kier alpha value is -2.82. The van der Waals surface area contributed by atoms with Crippen LogP contribution >= 0.6 is 0 Å². The van der Waals surface area contributed by atoms with Crippen molar-refractivity contribution in [2.24, 2.45) is 0 Å². The first-order valence-electron chi connectivity index (χ1n) is 8.47. The molecule has 2 heterocycles. The summed E-state index contributed by atoms with van der Waals surface area (Å²) in [5.74, 6) is -0.429. The third kappa shape index (κ3) is 3.97. The summed E-state index contributed by atoms with van der Waals surface area (Å²) >= 11 is 0. The molecule has 0 spiro atoms. The van der Waals surface area contributed by atoms with Gasteiger partial charge in [-0.3, -0.25) is 14.9 Å². The number of carbonyl (C=O) groups excluding carboxylic acids is 1. The van der Waals surface area contributed by atoms with Gasteiger partial charge in [-0.05, 0) is 25.0 Å². The average molecular weight is 393 g/mol. The third-order valence-corrected chi connectivity index (χ3v) is 6.21. The predicted molar refractivity (Wildman–Crippen MR) is 96.4 cm³/mol. The lowest BCUT2D eigenvalue weighted by atomic mass is 10.1. The van der Waals surface area contributed by atoms with Crippen LogP contribution in [0.2, 0.25) is 0 Å². The molecule has 1 fully saturated rings. The van der Waals surface area contributed by atoms with Gasteiger partial charge in [0.15, 0.2) is 9.84 Å². The molecule has 1 aromatic carbocycles. The zero-order chi connectivity index (χ0) is 19.6. The fraction of sp³-hybridized carbons (Fsp3) is 0.438. The Labute approximate surface area is 155 Å². The van der Waals surface area contributed by atoms with Crippen molar-refractivity contribution in [1.82, 2.24) is 19.7 Å². The summed E-state index contributed by atoms with van der Waals surface area (Å²) in [5.41, 5.74) is 0.0599. The van der Waals surface area contributed by atoms with Crippen molar-refractivity contribution in [2.75, 3.05) is 18.1 Å². The number of nitrogens with zero attached hydrogens (tertiary/aromatic N) is 5. The maximum atomic E-state index is 13.0. The molecule has 0 N–H and O–H groups in total. The van der Waals surface area contributed by atoms with Gasteiger partial charge < -0.3 is 4.90 Å². The Kier molecular flexibility index (Phi) is 5.22. The fourth-order valence-corrected chi connectivity index (χ4v) is 4.94. The number of aromatic nitrogens is 3. The molecule has 144 valence electrons. The summed E-state index contributed by atoms with van der Waals surface area (Å²) < 4.78 is 24.8. The quantitative estimate of drug-likeness (QED) is 0.533. The van der Waals surface area contributed by atoms with Gasteiger partial charge in [-0.1, -0.05) is 6.92 Å². The highest BCUT2D eigenvalue weighted by Crippen LogP contribution is 2.26. The molecular formula is C16H19N5O5S. The molecule has 1 aromatic heterocycles. The molecule has 0 saturated carbocycles. The summed E-state index contributed by atoms with van der Waals surface area (Å²) in [6.45, 7) is 2.28. The van der Waals surface area contributed by atoms with Crippen molar-refractivity contribution in [3.05, 3.63) is 46.5 Å². The first-order valence-corrected chi connectivity index (χ1v) is 10.3. The van der Waals surface area contributed by atoms with E-state index in [1.54, 1.807) is 0 Å². The van der Waals surface area contributed by atoms with Crippen molar-refractivity contribution >= 4 is 21.4 Å². The largest absolute Gasteiger partial charge is 0.335 e. The van der Waals surface area contributed by atoms with Crippen LogP contribution in [-0.4, -0.2) is 63.0 Å². The van der Waals surface area contributed by atoms with Crippen molar-refractivity contribution in [3.63, 3.8) is 0 Å². The molecule has 1 amide bonds. The van der Waals surface area contributed by atoms with Gasteiger partial charge in [-0.25, -0.2) is 18.1 Å². The Balaban J connectivity index is 1.95. The van der Waals surface area contributed by atoms with Gasteiger partial charge in [0.05, 0.1) is 16.4 Å². The lowest BCUT2D eigenvalue weighted by molar-refractivity contribution is -0.384. The van der Waals surface area contributed by atoms with E-state index in [-0.39, 0.29) is 28.4 Å². The molecule has 1 atom stereocenters. The van der Waals surface area contributed by atoms with Gasteiger partial charge in [0.2, 0.25) is 0 Å². The summed E-state index contributed by atoms with van der Waals surface area (Å²) in [7, 11) is -3.15. The van der Waals surface area contributed by atoms with Gasteiger partial charge in [0.1, 0.15) is 18.3 Å². The van der Waals surface area contributed by atoms with Crippen LogP contribution in [0.5, 0.6) is 0 Å². The highest BCUT2D eigenvalue weighted by atomic mass is 32.2. The van der Waals surface area contributed by atoms with Crippen LogP contribution in [0.3, 0.4) is 0 Å². The van der Waals surface area contributed by atoms with Gasteiger partial charge in [-0.15, -0.1) is 0 Å². The van der Waals surface area contributed by atoms with Gasteiger partial charge in [0, 0.05) is 24.2 Å². The molecule has 0 aliphatic carbocycles. The summed E-state index contributed by atoms with van der Waals surface area (Å²) in [6, 6.07) is 3.72. The lowest BCUT2D eigenvalue weighted by Crippen LogP contribution is -2.41. The molecule has 0 radical (unpaired) electrons. The van der Waals surface area contributed by atoms with Crippen molar-refractivity contribution in [2.45, 2.75) is 25.8 Å². The van der Waals surface area contributed by atoms with E-state index < -0.39 is 26.7 Å². The molecule has 27 heavy (non-hydrogen) atoms. The highest BCUT2D eigenvalue weighted by Gasteiger charge is 2.35. The van der Waals surface area contributed by atoms with Crippen LogP contribution < -0.4 is 0 Å². The molecule has 1 aliphatic heterocycles. The second-order valence-corrected chi connectivity index (χ2v) is 8.58. The molecule has 2 aromatic rings. The van der Waals surface area contributed by atoms with E-state index in [1.807, 2.05) is 6.92 Å². The van der Waals surface area contributed by atoms with E-state index in [2.05, 4.69) is 10.1 Å². The first-order chi connectivity index (χ1) is 12.8. The summed E-state index contributed by atoms with van der Waals surface area (Å²) in [4.78, 5) is 29.1. The second kappa shape index (κ2) is 7.43. The number of rotatable bonds is 6. The monoisotopic (exact) mass is 393 g/mol. The third-order valence-electron chi connectivity index (χ3n) is 4.46. The fourth-order valence-electron chi connectivity index (χ4n) is 3.21. The maximum absolute atomic E-state index is 13.0. The topological polar surface area (TPSA) is 128 Å². The van der Waals surface area contributed by atoms with Crippen LogP contribution in [0, 0.1) is 10.1 Å². The number of nitro benzene ring substituents is 1. The van der Waals surface area contributed by atoms with E-state index in [9.17, 15) is 23.3 Å². The minimum atomic E-state index is -3.15. The van der Waals surface area contributed by atoms with Gasteiger partial charge in [-0.2, -0.15) is 5.10 Å². The van der Waals surface area contributed by atoms with Crippen LogP contribution in [0.1, 0.15) is 30.1 Å². The number of nitro groups is 1. The molecule has 0 bridgehead atoms. The number of hydrogen-bond acceptors (Lipinski definition) is 7. The van der Waals surface area contributed by atoms with Crippen molar-refractivity contribution < 1.29 is 18.1 Å². The lowest BCUT2D eigenvalue weighted by Gasteiger charge is -2.28. The molecule has 10 nitrogen and oxygen atoms in total. The molecule has 1 aliphatic rings. The van der Waals surface area contributed by atoms with Crippen LogP contribution in [-0.2, 0) is 9.84 Å². The van der Waals surface area contributed by atoms with E-state index in [0.29, 0.717) is 19.4 Å². The smallest absolute Gasteiger partial charge is 0.295 e. The minimum Gasteiger partial charge on any atom is -0.335 e. The van der Waals surface area contributed by atoms with Gasteiger partial charge >= 0.3 is 0 Å². The van der Waals surface area contributed by atoms with E-state index in [4.69, 9.17) is 0 Å². The van der Waals surface area contributed by atoms with E-state index >= 15 is 0 Å². The number of carbonyl (C=O) groups is 1. The number of sulfone groups is 1. The van der Waals surface area contributed by atoms with E-state index in [1.165, 1.54) is 40.4 Å². The molecule has 3 rings (SSSR count). The number of amides is 1. The molecular weight excluding hydrogens is 374 g/mol. The van der Waals surface area contributed by atoms with Crippen LogP contribution in [0.25, 0.3) is 5.69 Å². The normalized spacial score (nSPS) is 18.3. The van der Waals surface area contributed by atoms with Gasteiger partial charge in [0.25, 0.3) is 11.6 Å². The van der Waals surface area contributed by atoms with E-state index in [0.717, 1.165) is 0 Å². The number of hydrogen-bond donors (Lipinski definition) is 0. The van der Waals surface area contributed by atoms with Crippen LogP contribution in [0.4, 0.5) is 5.69 Å². The molecule has 11 heteroatoms. The Morgan fingerprint density at radius 3 is 2.78 bits per heavy atom. The van der Waals surface area contributed by atoms with Crippen molar-refractivity contribution in [1.29, 1.82) is 0 Å². The average Bonchev–Trinajstić information content (AvgIpc) is 3.28. The Bertz CT molecular complexity index is 958.